The van der Waals surface area contributed by atoms with Gasteiger partial charge in [-0.2, -0.15) is 0 Å². The molecule has 2 rings (SSSR count). The van der Waals surface area contributed by atoms with Gasteiger partial charge in [-0.1, -0.05) is 6.07 Å². The maximum atomic E-state index is 12.4. The first-order valence-corrected chi connectivity index (χ1v) is 6.44. The molecule has 0 fully saturated rings. The molecule has 1 atom stereocenters. The Kier molecular flexibility index (Phi) is 3.88. The molecule has 19 heavy (non-hydrogen) atoms. The molecule has 1 aromatic carbocycles. The first-order valence-electron chi connectivity index (χ1n) is 6.44. The second-order valence-corrected chi connectivity index (χ2v) is 4.96. The van der Waals surface area contributed by atoms with Crippen molar-refractivity contribution in [2.75, 3.05) is 7.11 Å². The molecule has 1 aliphatic carbocycles. The van der Waals surface area contributed by atoms with Gasteiger partial charge in [0.25, 0.3) is 0 Å². The van der Waals surface area contributed by atoms with Crippen LogP contribution in [-0.4, -0.2) is 25.0 Å². The van der Waals surface area contributed by atoms with Gasteiger partial charge in [0, 0.05) is 5.56 Å². The van der Waals surface area contributed by atoms with Crippen LogP contribution < -0.4 is 4.74 Å². The molecule has 0 aliphatic heterocycles. The summed E-state index contributed by atoms with van der Waals surface area (Å²) >= 11 is 0. The fourth-order valence-electron chi connectivity index (χ4n) is 2.29. The minimum atomic E-state index is -0.679. The summed E-state index contributed by atoms with van der Waals surface area (Å²) in [5.41, 5.74) is 1.55. The predicted octanol–water partition coefficient (Wildman–Crippen LogP) is 2.39. The standard InChI is InChI=1S/C15H18O4/c1-9(2)19-15(17)12-7-5-10-4-6-11(18-3)8-13(10)14(12)16/h4,6,8-9,12H,5,7H2,1-3H3. The molecular formula is C15H18O4. The number of fused-ring (bicyclic) bond motifs is 1. The summed E-state index contributed by atoms with van der Waals surface area (Å²) in [4.78, 5) is 24.3. The van der Waals surface area contributed by atoms with E-state index in [1.807, 2.05) is 12.1 Å². The Bertz CT molecular complexity index is 505. The normalized spacial score (nSPS) is 18.1. The van der Waals surface area contributed by atoms with Crippen molar-refractivity contribution in [3.05, 3.63) is 29.3 Å². The Hall–Kier alpha value is -1.84. The molecule has 0 amide bonds. The Morgan fingerprint density at radius 1 is 1.37 bits per heavy atom. The summed E-state index contributed by atoms with van der Waals surface area (Å²) in [5, 5.41) is 0. The van der Waals surface area contributed by atoms with Crippen LogP contribution in [-0.2, 0) is 16.0 Å². The van der Waals surface area contributed by atoms with E-state index in [1.165, 1.54) is 0 Å². The third-order valence-corrected chi connectivity index (χ3v) is 3.24. The van der Waals surface area contributed by atoms with E-state index < -0.39 is 11.9 Å². The fourth-order valence-corrected chi connectivity index (χ4v) is 2.29. The molecule has 0 aromatic heterocycles. The lowest BCUT2D eigenvalue weighted by atomic mass is 9.82. The van der Waals surface area contributed by atoms with Crippen LogP contribution in [0, 0.1) is 5.92 Å². The van der Waals surface area contributed by atoms with Gasteiger partial charge in [0.15, 0.2) is 5.78 Å². The molecule has 0 saturated heterocycles. The van der Waals surface area contributed by atoms with Crippen molar-refractivity contribution in [2.45, 2.75) is 32.8 Å². The maximum Gasteiger partial charge on any atom is 0.317 e. The van der Waals surface area contributed by atoms with E-state index >= 15 is 0 Å². The largest absolute Gasteiger partial charge is 0.497 e. The van der Waals surface area contributed by atoms with E-state index in [0.29, 0.717) is 24.2 Å². The van der Waals surface area contributed by atoms with Crippen molar-refractivity contribution in [3.63, 3.8) is 0 Å². The number of carbonyl (C=O) groups excluding carboxylic acids is 2. The van der Waals surface area contributed by atoms with Gasteiger partial charge in [-0.05, 0) is 44.4 Å². The summed E-state index contributed by atoms with van der Waals surface area (Å²) in [5.74, 6) is -0.633. The summed E-state index contributed by atoms with van der Waals surface area (Å²) in [6, 6.07) is 5.42. The lowest BCUT2D eigenvalue weighted by Crippen LogP contribution is -2.32. The summed E-state index contributed by atoms with van der Waals surface area (Å²) in [6.45, 7) is 3.56. The van der Waals surface area contributed by atoms with E-state index in [1.54, 1.807) is 27.0 Å². The number of carbonyl (C=O) groups is 2. The molecule has 0 spiro atoms. The molecule has 1 aromatic rings. The first-order chi connectivity index (χ1) is 9.02. The molecule has 0 bridgehead atoms. The molecule has 1 aliphatic rings. The van der Waals surface area contributed by atoms with Crippen LogP contribution in [0.15, 0.2) is 18.2 Å². The third kappa shape index (κ3) is 2.78. The number of benzene rings is 1. The van der Waals surface area contributed by atoms with Crippen molar-refractivity contribution in [1.82, 2.24) is 0 Å². The van der Waals surface area contributed by atoms with E-state index in [-0.39, 0.29) is 11.9 Å². The quantitative estimate of drug-likeness (QED) is 0.620. The Morgan fingerprint density at radius 3 is 2.74 bits per heavy atom. The first kappa shape index (κ1) is 13.6. The van der Waals surface area contributed by atoms with Crippen LogP contribution in [0.5, 0.6) is 5.75 Å². The second-order valence-electron chi connectivity index (χ2n) is 4.96. The number of hydrogen-bond acceptors (Lipinski definition) is 4. The van der Waals surface area contributed by atoms with Gasteiger partial charge >= 0.3 is 5.97 Å². The molecule has 4 heteroatoms. The lowest BCUT2D eigenvalue weighted by Gasteiger charge is -2.23. The third-order valence-electron chi connectivity index (χ3n) is 3.24. The molecule has 4 nitrogen and oxygen atoms in total. The van der Waals surface area contributed by atoms with Crippen LogP contribution >= 0.6 is 0 Å². The number of aryl methyl sites for hydroxylation is 1. The van der Waals surface area contributed by atoms with Gasteiger partial charge < -0.3 is 9.47 Å². The number of Topliss-reactive ketones (excluding diaryl/α,β-unsaturated/α-hetero) is 1. The molecule has 0 N–H and O–H groups in total. The second kappa shape index (κ2) is 5.43. The Morgan fingerprint density at radius 2 is 2.11 bits per heavy atom. The number of rotatable bonds is 3. The van der Waals surface area contributed by atoms with Gasteiger partial charge in [-0.15, -0.1) is 0 Å². The molecule has 0 heterocycles. The van der Waals surface area contributed by atoms with Crippen molar-refractivity contribution < 1.29 is 19.1 Å². The average molecular weight is 262 g/mol. The summed E-state index contributed by atoms with van der Waals surface area (Å²) in [7, 11) is 1.56. The summed E-state index contributed by atoms with van der Waals surface area (Å²) in [6.07, 6.45) is 1.03. The highest BCUT2D eigenvalue weighted by atomic mass is 16.5. The number of methoxy groups -OCH3 is 1. The van der Waals surface area contributed by atoms with Crippen LogP contribution in [0.3, 0.4) is 0 Å². The number of ether oxygens (including phenoxy) is 2. The van der Waals surface area contributed by atoms with Crippen LogP contribution in [0.2, 0.25) is 0 Å². The lowest BCUT2D eigenvalue weighted by molar-refractivity contribution is -0.150. The summed E-state index contributed by atoms with van der Waals surface area (Å²) < 4.78 is 10.3. The zero-order valence-corrected chi connectivity index (χ0v) is 11.4. The predicted molar refractivity (Wildman–Crippen MR) is 70.4 cm³/mol. The Labute approximate surface area is 112 Å². The van der Waals surface area contributed by atoms with Crippen LogP contribution in [0.4, 0.5) is 0 Å². The average Bonchev–Trinajstić information content (AvgIpc) is 2.38. The van der Waals surface area contributed by atoms with Gasteiger partial charge in [-0.25, -0.2) is 0 Å². The zero-order chi connectivity index (χ0) is 14.0. The Balaban J connectivity index is 2.25. The molecule has 0 radical (unpaired) electrons. The molecule has 102 valence electrons. The molecule has 1 unspecified atom stereocenters. The van der Waals surface area contributed by atoms with Gasteiger partial charge in [0.1, 0.15) is 11.7 Å². The van der Waals surface area contributed by atoms with E-state index in [0.717, 1.165) is 5.56 Å². The van der Waals surface area contributed by atoms with Gasteiger partial charge in [-0.3, -0.25) is 9.59 Å². The number of esters is 1. The zero-order valence-electron chi connectivity index (χ0n) is 11.4. The topological polar surface area (TPSA) is 52.6 Å². The number of ketones is 1. The highest BCUT2D eigenvalue weighted by Crippen LogP contribution is 2.29. The highest BCUT2D eigenvalue weighted by molar-refractivity contribution is 6.10. The van der Waals surface area contributed by atoms with Crippen molar-refractivity contribution >= 4 is 11.8 Å². The van der Waals surface area contributed by atoms with E-state index in [9.17, 15) is 9.59 Å². The van der Waals surface area contributed by atoms with Crippen molar-refractivity contribution in [3.8, 4) is 5.75 Å². The van der Waals surface area contributed by atoms with Gasteiger partial charge in [0.05, 0.1) is 13.2 Å². The monoisotopic (exact) mass is 262 g/mol. The van der Waals surface area contributed by atoms with E-state index in [2.05, 4.69) is 0 Å². The molecular weight excluding hydrogens is 244 g/mol. The fraction of sp³-hybridized carbons (Fsp3) is 0.467. The number of hydrogen-bond donors (Lipinski definition) is 0. The van der Waals surface area contributed by atoms with Crippen molar-refractivity contribution in [2.24, 2.45) is 5.92 Å². The van der Waals surface area contributed by atoms with Crippen LogP contribution in [0.25, 0.3) is 0 Å². The highest BCUT2D eigenvalue weighted by Gasteiger charge is 2.34. The minimum Gasteiger partial charge on any atom is -0.497 e. The minimum absolute atomic E-state index is 0.161. The van der Waals surface area contributed by atoms with Crippen LogP contribution in [0.1, 0.15) is 36.2 Å². The van der Waals surface area contributed by atoms with E-state index in [4.69, 9.17) is 9.47 Å². The smallest absolute Gasteiger partial charge is 0.317 e. The maximum absolute atomic E-state index is 12.4. The van der Waals surface area contributed by atoms with Gasteiger partial charge in [0.2, 0.25) is 0 Å². The van der Waals surface area contributed by atoms with Crippen molar-refractivity contribution in [1.29, 1.82) is 0 Å². The SMILES string of the molecule is COc1ccc2c(c1)C(=O)C(C(=O)OC(C)C)CC2. The molecule has 0 saturated carbocycles.